The van der Waals surface area contributed by atoms with Gasteiger partial charge >= 0.3 is 0 Å². The summed E-state index contributed by atoms with van der Waals surface area (Å²) in [6.45, 7) is 5.76. The van der Waals surface area contributed by atoms with E-state index in [1.807, 2.05) is 0 Å². The van der Waals surface area contributed by atoms with Crippen molar-refractivity contribution in [1.82, 2.24) is 4.31 Å². The first-order valence-corrected chi connectivity index (χ1v) is 8.44. The second-order valence-corrected chi connectivity index (χ2v) is 7.25. The first-order chi connectivity index (χ1) is 8.96. The fraction of sp³-hybridized carbons (Fsp3) is 0.500. The molecule has 0 bridgehead atoms. The summed E-state index contributed by atoms with van der Waals surface area (Å²) in [6.07, 6.45) is 0. The molecule has 0 unspecified atom stereocenters. The quantitative estimate of drug-likeness (QED) is 0.898. The zero-order chi connectivity index (χ0) is 14.0. The van der Waals surface area contributed by atoms with Crippen LogP contribution in [0.4, 0.5) is 0 Å². The zero-order valence-electron chi connectivity index (χ0n) is 10.7. The van der Waals surface area contributed by atoms with E-state index in [1.165, 1.54) is 9.21 Å². The van der Waals surface area contributed by atoms with Gasteiger partial charge in [0.1, 0.15) is 4.90 Å². The molecule has 1 aromatic carbocycles. The van der Waals surface area contributed by atoms with Crippen LogP contribution in [-0.4, -0.2) is 45.4 Å². The van der Waals surface area contributed by atoms with Gasteiger partial charge in [0.05, 0.1) is 42.8 Å². The number of hydrogen-bond acceptors (Lipinski definition) is 2. The molecule has 0 radical (unpaired) electrons. The van der Waals surface area contributed by atoms with Gasteiger partial charge < -0.3 is 4.90 Å². The maximum absolute atomic E-state index is 12.6. The Bertz CT molecular complexity index is 535. The summed E-state index contributed by atoms with van der Waals surface area (Å²) in [4.78, 5) is 1.44. The minimum atomic E-state index is -3.60. The fourth-order valence-corrected chi connectivity index (χ4v) is 4.79. The molecule has 1 saturated heterocycles. The van der Waals surface area contributed by atoms with Gasteiger partial charge in [-0.25, -0.2) is 8.42 Å². The average molecular weight is 324 g/mol. The van der Waals surface area contributed by atoms with Crippen molar-refractivity contribution in [3.8, 4) is 0 Å². The number of rotatable bonds is 3. The third-order valence-corrected chi connectivity index (χ3v) is 6.30. The Morgan fingerprint density at radius 3 is 2.21 bits per heavy atom. The molecule has 1 aliphatic rings. The van der Waals surface area contributed by atoms with Gasteiger partial charge in [-0.1, -0.05) is 29.3 Å². The molecule has 2 rings (SSSR count). The van der Waals surface area contributed by atoms with E-state index in [0.29, 0.717) is 13.1 Å². The van der Waals surface area contributed by atoms with E-state index in [9.17, 15) is 8.42 Å². The van der Waals surface area contributed by atoms with Crippen LogP contribution in [0.5, 0.6) is 0 Å². The molecule has 0 amide bonds. The molecule has 106 valence electrons. The third kappa shape index (κ3) is 3.06. The van der Waals surface area contributed by atoms with Crippen molar-refractivity contribution in [1.29, 1.82) is 0 Å². The van der Waals surface area contributed by atoms with Crippen molar-refractivity contribution in [2.24, 2.45) is 0 Å². The Morgan fingerprint density at radius 1 is 1.21 bits per heavy atom. The second kappa shape index (κ2) is 5.97. The summed E-state index contributed by atoms with van der Waals surface area (Å²) in [5, 5.41) is 0.357. The van der Waals surface area contributed by atoms with Crippen molar-refractivity contribution >= 4 is 33.2 Å². The Morgan fingerprint density at radius 2 is 1.74 bits per heavy atom. The van der Waals surface area contributed by atoms with Crippen LogP contribution in [0.1, 0.15) is 6.92 Å². The molecule has 0 saturated carbocycles. The summed E-state index contributed by atoms with van der Waals surface area (Å²) in [7, 11) is -3.60. The zero-order valence-corrected chi connectivity index (χ0v) is 13.0. The highest BCUT2D eigenvalue weighted by Crippen LogP contribution is 2.31. The van der Waals surface area contributed by atoms with E-state index in [1.54, 1.807) is 18.2 Å². The summed E-state index contributed by atoms with van der Waals surface area (Å²) in [5.74, 6) is 0. The lowest BCUT2D eigenvalue weighted by molar-refractivity contribution is -0.901. The minimum absolute atomic E-state index is 0.0262. The Labute approximate surface area is 124 Å². The number of nitrogens with one attached hydrogen (secondary N) is 1. The molecule has 19 heavy (non-hydrogen) atoms. The molecule has 1 heterocycles. The van der Waals surface area contributed by atoms with Crippen LogP contribution >= 0.6 is 23.2 Å². The summed E-state index contributed by atoms with van der Waals surface area (Å²) >= 11 is 12.0. The Kier molecular flexibility index (Phi) is 4.74. The largest absolute Gasteiger partial charge is 0.333 e. The first kappa shape index (κ1) is 15.1. The molecule has 4 nitrogen and oxygen atoms in total. The van der Waals surface area contributed by atoms with E-state index in [0.717, 1.165) is 19.6 Å². The molecule has 0 aliphatic carbocycles. The maximum atomic E-state index is 12.6. The van der Waals surface area contributed by atoms with Gasteiger partial charge in [0, 0.05) is 0 Å². The van der Waals surface area contributed by atoms with Gasteiger partial charge in [0.2, 0.25) is 10.0 Å². The molecular weight excluding hydrogens is 307 g/mol. The minimum Gasteiger partial charge on any atom is -0.333 e. The van der Waals surface area contributed by atoms with Gasteiger partial charge in [-0.15, -0.1) is 0 Å². The Balaban J connectivity index is 2.29. The number of benzene rings is 1. The highest BCUT2D eigenvalue weighted by molar-refractivity contribution is 7.89. The van der Waals surface area contributed by atoms with Crippen LogP contribution in [0, 0.1) is 0 Å². The van der Waals surface area contributed by atoms with Gasteiger partial charge in [-0.05, 0) is 19.1 Å². The van der Waals surface area contributed by atoms with Crippen LogP contribution in [-0.2, 0) is 10.0 Å². The van der Waals surface area contributed by atoms with E-state index in [-0.39, 0.29) is 14.9 Å². The summed E-state index contributed by atoms with van der Waals surface area (Å²) < 4.78 is 26.6. The van der Waals surface area contributed by atoms with Gasteiger partial charge in [-0.3, -0.25) is 0 Å². The lowest BCUT2D eigenvalue weighted by Gasteiger charge is -2.31. The van der Waals surface area contributed by atoms with Crippen molar-refractivity contribution in [2.75, 3.05) is 32.7 Å². The highest BCUT2D eigenvalue weighted by atomic mass is 35.5. The smallest absolute Gasteiger partial charge is 0.246 e. The average Bonchev–Trinajstić information content (AvgIpc) is 2.38. The molecule has 1 N–H and O–H groups in total. The monoisotopic (exact) mass is 323 g/mol. The van der Waals surface area contributed by atoms with Crippen molar-refractivity contribution in [3.63, 3.8) is 0 Å². The third-order valence-electron chi connectivity index (χ3n) is 3.45. The summed E-state index contributed by atoms with van der Waals surface area (Å²) in [5.41, 5.74) is 0. The second-order valence-electron chi connectivity index (χ2n) is 4.56. The normalized spacial score (nSPS) is 18.7. The first-order valence-electron chi connectivity index (χ1n) is 6.24. The molecule has 0 aromatic heterocycles. The van der Waals surface area contributed by atoms with Crippen LogP contribution in [0.25, 0.3) is 0 Å². The van der Waals surface area contributed by atoms with Crippen LogP contribution < -0.4 is 4.90 Å². The maximum Gasteiger partial charge on any atom is 0.246 e. The predicted octanol–water partition coefficient (Wildman–Crippen LogP) is 0.902. The lowest BCUT2D eigenvalue weighted by atomic mass is 10.4. The number of sulfonamides is 1. The van der Waals surface area contributed by atoms with E-state index in [2.05, 4.69) is 6.92 Å². The van der Waals surface area contributed by atoms with Crippen molar-refractivity contribution < 1.29 is 13.3 Å². The lowest BCUT2D eigenvalue weighted by Crippen LogP contribution is -3.14. The number of likely N-dealkylation sites (N-methyl/N-ethyl adjacent to an activating group) is 1. The van der Waals surface area contributed by atoms with Crippen molar-refractivity contribution in [2.45, 2.75) is 11.8 Å². The number of piperazine rings is 1. The SMILES string of the molecule is CC[NH+]1CCN(S(=O)(=O)c2c(Cl)cccc2Cl)CC1. The molecule has 1 fully saturated rings. The predicted molar refractivity (Wildman–Crippen MR) is 76.5 cm³/mol. The van der Waals surface area contributed by atoms with E-state index in [4.69, 9.17) is 23.2 Å². The molecule has 1 aliphatic heterocycles. The molecule has 0 spiro atoms. The molecule has 1 aromatic rings. The standard InChI is InChI=1S/C12H16Cl2N2O2S/c1-2-15-6-8-16(9-7-15)19(17,18)12-10(13)4-3-5-11(12)14/h3-5H,2,6-9H2,1H3/p+1. The number of nitrogens with zero attached hydrogens (tertiary/aromatic N) is 1. The summed E-state index contributed by atoms with van der Waals surface area (Å²) in [6, 6.07) is 4.74. The van der Waals surface area contributed by atoms with Crippen LogP contribution in [0.15, 0.2) is 23.1 Å². The van der Waals surface area contributed by atoms with Crippen molar-refractivity contribution in [3.05, 3.63) is 28.2 Å². The topological polar surface area (TPSA) is 41.8 Å². The molecule has 7 heteroatoms. The van der Waals surface area contributed by atoms with Crippen LogP contribution in [0.3, 0.4) is 0 Å². The fourth-order valence-electron chi connectivity index (χ4n) is 2.25. The van der Waals surface area contributed by atoms with Gasteiger partial charge in [-0.2, -0.15) is 4.31 Å². The number of hydrogen-bond donors (Lipinski definition) is 1. The number of halogens is 2. The van der Waals surface area contributed by atoms with Gasteiger partial charge in [0.25, 0.3) is 0 Å². The van der Waals surface area contributed by atoms with Gasteiger partial charge in [0.15, 0.2) is 0 Å². The number of quaternary nitrogens is 1. The van der Waals surface area contributed by atoms with E-state index >= 15 is 0 Å². The molecule has 0 atom stereocenters. The van der Waals surface area contributed by atoms with Crippen LogP contribution in [0.2, 0.25) is 10.0 Å². The van der Waals surface area contributed by atoms with E-state index < -0.39 is 10.0 Å². The Hall–Kier alpha value is -0.330. The molecular formula is C12H17Cl2N2O2S+. The highest BCUT2D eigenvalue weighted by Gasteiger charge is 2.32.